The van der Waals surface area contributed by atoms with Crippen LogP contribution in [0.4, 0.5) is 5.69 Å². The van der Waals surface area contributed by atoms with Gasteiger partial charge in [0.25, 0.3) is 0 Å². The van der Waals surface area contributed by atoms with Crippen molar-refractivity contribution in [2.24, 2.45) is 5.92 Å². The molecule has 1 aromatic carbocycles. The van der Waals surface area contributed by atoms with E-state index in [1.807, 2.05) is 18.2 Å². The molecule has 1 aromatic rings. The van der Waals surface area contributed by atoms with Crippen LogP contribution in [0.2, 0.25) is 0 Å². The predicted molar refractivity (Wildman–Crippen MR) is 83.1 cm³/mol. The van der Waals surface area contributed by atoms with Gasteiger partial charge < -0.3 is 5.32 Å². The fraction of sp³-hybridized carbons (Fsp3) is 0.562. The summed E-state index contributed by atoms with van der Waals surface area (Å²) in [6.07, 6.45) is 8.00. The molecule has 0 amide bonds. The second-order valence-electron chi connectivity index (χ2n) is 5.36. The van der Waals surface area contributed by atoms with Crippen molar-refractivity contribution in [2.45, 2.75) is 51.5 Å². The van der Waals surface area contributed by atoms with Gasteiger partial charge in [0.1, 0.15) is 6.07 Å². The van der Waals surface area contributed by atoms with Gasteiger partial charge in [-0.3, -0.25) is 0 Å². The van der Waals surface area contributed by atoms with Gasteiger partial charge in [-0.25, -0.2) is 0 Å². The van der Waals surface area contributed by atoms with Crippen LogP contribution < -0.4 is 5.32 Å². The number of nitriles is 1. The van der Waals surface area contributed by atoms with E-state index in [4.69, 9.17) is 5.26 Å². The average molecular weight is 321 g/mol. The van der Waals surface area contributed by atoms with Crippen LogP contribution in [0.1, 0.15) is 51.0 Å². The lowest BCUT2D eigenvalue weighted by molar-refractivity contribution is 0.313. The van der Waals surface area contributed by atoms with Gasteiger partial charge in [0.05, 0.1) is 5.56 Å². The molecule has 1 atom stereocenters. The average Bonchev–Trinajstić information content (AvgIpc) is 2.46. The van der Waals surface area contributed by atoms with Crippen molar-refractivity contribution >= 4 is 21.6 Å². The monoisotopic (exact) mass is 320 g/mol. The zero-order chi connectivity index (χ0) is 13.7. The number of hydrogen-bond acceptors (Lipinski definition) is 2. The summed E-state index contributed by atoms with van der Waals surface area (Å²) in [4.78, 5) is 0. The zero-order valence-corrected chi connectivity index (χ0v) is 13.0. The van der Waals surface area contributed by atoms with Crippen LogP contribution in [-0.4, -0.2) is 6.04 Å². The molecule has 0 aliphatic heterocycles. The second kappa shape index (κ2) is 6.96. The molecule has 1 aliphatic rings. The molecule has 0 aromatic heterocycles. The number of nitrogens with zero attached hydrogens (tertiary/aromatic N) is 1. The Labute approximate surface area is 124 Å². The number of benzene rings is 1. The van der Waals surface area contributed by atoms with Crippen molar-refractivity contribution < 1.29 is 0 Å². The van der Waals surface area contributed by atoms with Gasteiger partial charge in [-0.15, -0.1) is 0 Å². The highest BCUT2D eigenvalue weighted by Crippen LogP contribution is 2.30. The number of anilines is 1. The summed E-state index contributed by atoms with van der Waals surface area (Å²) in [5.74, 6) is 0.799. The minimum absolute atomic E-state index is 0.556. The van der Waals surface area contributed by atoms with Crippen LogP contribution in [0, 0.1) is 17.2 Å². The Morgan fingerprint density at radius 1 is 1.37 bits per heavy atom. The first-order valence-corrected chi connectivity index (χ1v) is 8.00. The smallest absolute Gasteiger partial charge is 0.100 e. The van der Waals surface area contributed by atoms with Gasteiger partial charge in [-0.1, -0.05) is 26.2 Å². The number of rotatable bonds is 4. The highest BCUT2D eigenvalue weighted by molar-refractivity contribution is 9.10. The third-order valence-corrected chi connectivity index (χ3v) is 4.76. The third-order valence-electron chi connectivity index (χ3n) is 4.10. The van der Waals surface area contributed by atoms with E-state index in [-0.39, 0.29) is 0 Å². The minimum Gasteiger partial charge on any atom is -0.382 e. The molecule has 1 aliphatic carbocycles. The third kappa shape index (κ3) is 3.73. The molecule has 0 radical (unpaired) electrons. The van der Waals surface area contributed by atoms with Crippen molar-refractivity contribution in [2.75, 3.05) is 5.32 Å². The van der Waals surface area contributed by atoms with Crippen molar-refractivity contribution in [3.8, 4) is 6.07 Å². The van der Waals surface area contributed by atoms with E-state index in [9.17, 15) is 0 Å². The van der Waals surface area contributed by atoms with Crippen molar-refractivity contribution in [3.63, 3.8) is 0 Å². The molecule has 0 bridgehead atoms. The van der Waals surface area contributed by atoms with Gasteiger partial charge in [0.15, 0.2) is 0 Å². The molecule has 3 heteroatoms. The molecule has 1 unspecified atom stereocenters. The summed E-state index contributed by atoms with van der Waals surface area (Å²) in [7, 11) is 0. The maximum Gasteiger partial charge on any atom is 0.100 e. The first-order chi connectivity index (χ1) is 9.24. The molecule has 19 heavy (non-hydrogen) atoms. The van der Waals surface area contributed by atoms with E-state index in [1.165, 1.54) is 32.1 Å². The van der Waals surface area contributed by atoms with Gasteiger partial charge >= 0.3 is 0 Å². The summed E-state index contributed by atoms with van der Waals surface area (Å²) in [5, 5.41) is 12.6. The van der Waals surface area contributed by atoms with Crippen LogP contribution in [0.25, 0.3) is 0 Å². The normalized spacial score (nSPS) is 17.7. The van der Waals surface area contributed by atoms with E-state index < -0.39 is 0 Å². The van der Waals surface area contributed by atoms with Gasteiger partial charge in [0, 0.05) is 16.2 Å². The first-order valence-electron chi connectivity index (χ1n) is 7.20. The van der Waals surface area contributed by atoms with E-state index in [1.54, 1.807) is 0 Å². The SMILES string of the molecule is CCC(Nc1ccc(C#N)c(Br)c1)C1CCCCC1. The Morgan fingerprint density at radius 2 is 2.11 bits per heavy atom. The molecule has 0 saturated heterocycles. The summed E-state index contributed by atoms with van der Waals surface area (Å²) < 4.78 is 0.874. The van der Waals surface area contributed by atoms with Gasteiger partial charge in [0.2, 0.25) is 0 Å². The first kappa shape index (κ1) is 14.4. The van der Waals surface area contributed by atoms with Crippen LogP contribution in [0.3, 0.4) is 0 Å². The van der Waals surface area contributed by atoms with Crippen LogP contribution in [-0.2, 0) is 0 Å². The minimum atomic E-state index is 0.556. The van der Waals surface area contributed by atoms with Gasteiger partial charge in [-0.2, -0.15) is 5.26 Å². The van der Waals surface area contributed by atoms with Crippen LogP contribution in [0.15, 0.2) is 22.7 Å². The van der Waals surface area contributed by atoms with E-state index in [0.717, 1.165) is 22.5 Å². The molecule has 2 nitrogen and oxygen atoms in total. The molecule has 1 fully saturated rings. The molecule has 1 saturated carbocycles. The fourth-order valence-corrected chi connectivity index (χ4v) is 3.47. The highest BCUT2D eigenvalue weighted by atomic mass is 79.9. The number of halogens is 1. The van der Waals surface area contributed by atoms with E-state index >= 15 is 0 Å². The lowest BCUT2D eigenvalue weighted by Gasteiger charge is -2.31. The summed E-state index contributed by atoms with van der Waals surface area (Å²) in [6, 6.07) is 8.64. The number of nitrogens with one attached hydrogen (secondary N) is 1. The Morgan fingerprint density at radius 3 is 2.68 bits per heavy atom. The highest BCUT2D eigenvalue weighted by Gasteiger charge is 2.22. The van der Waals surface area contributed by atoms with Crippen molar-refractivity contribution in [1.82, 2.24) is 0 Å². The lowest BCUT2D eigenvalue weighted by Crippen LogP contribution is -2.30. The fourth-order valence-electron chi connectivity index (χ4n) is 3.00. The molecule has 2 rings (SSSR count). The number of hydrogen-bond donors (Lipinski definition) is 1. The van der Waals surface area contributed by atoms with Crippen LogP contribution >= 0.6 is 15.9 Å². The van der Waals surface area contributed by atoms with Crippen molar-refractivity contribution in [1.29, 1.82) is 5.26 Å². The quantitative estimate of drug-likeness (QED) is 0.838. The predicted octanol–water partition coefficient (Wildman–Crippen LogP) is 5.09. The Hall–Kier alpha value is -1.01. The lowest BCUT2D eigenvalue weighted by atomic mass is 9.83. The standard InChI is InChI=1S/C16H21BrN2/c1-2-16(12-6-4-3-5-7-12)19-14-9-8-13(11-18)15(17)10-14/h8-10,12,16,19H,2-7H2,1H3. The zero-order valence-electron chi connectivity index (χ0n) is 11.5. The summed E-state index contributed by atoms with van der Waals surface area (Å²) >= 11 is 3.45. The van der Waals surface area contributed by atoms with Crippen LogP contribution in [0.5, 0.6) is 0 Å². The van der Waals surface area contributed by atoms with Crippen molar-refractivity contribution in [3.05, 3.63) is 28.2 Å². The molecule has 0 spiro atoms. The Kier molecular flexibility index (Phi) is 5.27. The maximum atomic E-state index is 8.94. The molecule has 102 valence electrons. The summed E-state index contributed by atoms with van der Waals surface area (Å²) in [5.41, 5.74) is 1.81. The topological polar surface area (TPSA) is 35.8 Å². The Bertz CT molecular complexity index is 458. The van der Waals surface area contributed by atoms with E-state index in [2.05, 4.69) is 34.2 Å². The molecular formula is C16H21BrN2. The van der Waals surface area contributed by atoms with E-state index in [0.29, 0.717) is 11.6 Å². The summed E-state index contributed by atoms with van der Waals surface area (Å²) in [6.45, 7) is 2.25. The second-order valence-corrected chi connectivity index (χ2v) is 6.22. The Balaban J connectivity index is 2.05. The molecule has 1 N–H and O–H groups in total. The molecular weight excluding hydrogens is 300 g/mol. The largest absolute Gasteiger partial charge is 0.382 e. The molecule has 0 heterocycles. The van der Waals surface area contributed by atoms with Gasteiger partial charge in [-0.05, 0) is 59.3 Å². The maximum absolute atomic E-state index is 8.94.